The first kappa shape index (κ1) is 19.8. The summed E-state index contributed by atoms with van der Waals surface area (Å²) in [5.41, 5.74) is 0. The zero-order valence-electron chi connectivity index (χ0n) is 16.5. The second kappa shape index (κ2) is 9.36. The van der Waals surface area contributed by atoms with Crippen molar-refractivity contribution in [2.45, 2.75) is 9.79 Å². The van der Waals surface area contributed by atoms with E-state index in [1.54, 1.807) is 0 Å². The Bertz CT molecular complexity index is 998. The Hall–Kier alpha value is -2.45. The van der Waals surface area contributed by atoms with Crippen LogP contribution in [0.15, 0.2) is 135 Å². The van der Waals surface area contributed by atoms with E-state index in [9.17, 15) is 0 Å². The predicted molar refractivity (Wildman–Crippen MR) is 128 cm³/mol. The zero-order valence-corrected chi connectivity index (χ0v) is 19.0. The van der Waals surface area contributed by atoms with Gasteiger partial charge in [-0.05, 0) is 0 Å². The Morgan fingerprint density at radius 3 is 1.24 bits per heavy atom. The van der Waals surface area contributed by atoms with Crippen molar-refractivity contribution in [1.29, 1.82) is 0 Å². The van der Waals surface area contributed by atoms with Gasteiger partial charge in [-0.1, -0.05) is 0 Å². The van der Waals surface area contributed by atoms with Crippen LogP contribution < -0.4 is 8.92 Å². The van der Waals surface area contributed by atoms with Gasteiger partial charge in [-0.15, -0.1) is 0 Å². The van der Waals surface area contributed by atoms with E-state index in [0.29, 0.717) is 0 Å². The van der Waals surface area contributed by atoms with E-state index in [4.69, 9.17) is 4.36 Å². The van der Waals surface area contributed by atoms with E-state index in [2.05, 4.69) is 121 Å². The van der Waals surface area contributed by atoms with Crippen molar-refractivity contribution in [3.63, 3.8) is 0 Å². The molecule has 3 heteroatoms. The van der Waals surface area contributed by atoms with E-state index in [1.165, 1.54) is 18.7 Å². The third kappa shape index (κ3) is 4.28. The molecule has 0 unspecified atom stereocenters. The molecule has 0 aliphatic heterocycles. The normalized spacial score (nSPS) is 11.4. The van der Waals surface area contributed by atoms with Crippen molar-refractivity contribution in [3.05, 3.63) is 121 Å². The average molecular weight is 463 g/mol. The second-order valence-electron chi connectivity index (χ2n) is 6.65. The van der Waals surface area contributed by atoms with Gasteiger partial charge < -0.3 is 0 Å². The molecule has 4 aromatic rings. The van der Waals surface area contributed by atoms with Gasteiger partial charge in [-0.3, -0.25) is 0 Å². The summed E-state index contributed by atoms with van der Waals surface area (Å²) >= 11 is -1.31. The van der Waals surface area contributed by atoms with Crippen LogP contribution in [0.2, 0.25) is 0 Å². The molecule has 0 aliphatic rings. The molecule has 0 fully saturated rings. The Labute approximate surface area is 179 Å². The van der Waals surface area contributed by atoms with Crippen LogP contribution in [0.4, 0.5) is 0 Å². The van der Waals surface area contributed by atoms with E-state index >= 15 is 0 Å². The molecule has 0 aliphatic carbocycles. The Balaban J connectivity index is 1.91. The summed E-state index contributed by atoms with van der Waals surface area (Å²) in [4.78, 5) is 2.68. The Morgan fingerprint density at radius 1 is 0.552 bits per heavy atom. The molecule has 0 spiro atoms. The molecule has 1 nitrogen and oxygen atoms in total. The summed E-state index contributed by atoms with van der Waals surface area (Å²) in [5.74, 6) is 0. The molecule has 0 amide bonds. The SMILES string of the molecule is CN=[S+](C[Se+](c1ccccc1)c1ccccc1)(c1ccccc1)c1ccccc1. The molecule has 29 heavy (non-hydrogen) atoms. The van der Waals surface area contributed by atoms with Gasteiger partial charge in [-0.2, -0.15) is 0 Å². The topological polar surface area (TPSA) is 12.4 Å². The third-order valence-corrected chi connectivity index (χ3v) is 15.4. The zero-order chi connectivity index (χ0) is 19.9. The van der Waals surface area contributed by atoms with Crippen molar-refractivity contribution < 1.29 is 0 Å². The van der Waals surface area contributed by atoms with Crippen LogP contribution in [0, 0.1) is 0 Å². The first-order chi connectivity index (χ1) is 14.3. The van der Waals surface area contributed by atoms with Crippen molar-refractivity contribution >= 4 is 32.6 Å². The van der Waals surface area contributed by atoms with Crippen LogP contribution in [-0.2, 0) is 9.82 Å². The minimum absolute atomic E-state index is 1.07. The molecular weight excluding hydrogens is 437 g/mol. The van der Waals surface area contributed by atoms with Crippen LogP contribution in [0.3, 0.4) is 0 Å². The third-order valence-electron chi connectivity index (χ3n) is 4.92. The molecule has 0 saturated heterocycles. The van der Waals surface area contributed by atoms with Crippen molar-refractivity contribution in [1.82, 2.24) is 0 Å². The van der Waals surface area contributed by atoms with Gasteiger partial charge >= 0.3 is 180 Å². The van der Waals surface area contributed by atoms with Crippen LogP contribution in [0.5, 0.6) is 0 Å². The van der Waals surface area contributed by atoms with Gasteiger partial charge in [0.25, 0.3) is 0 Å². The number of benzene rings is 4. The molecule has 0 aromatic heterocycles. The fourth-order valence-corrected chi connectivity index (χ4v) is 15.2. The van der Waals surface area contributed by atoms with Gasteiger partial charge in [0.2, 0.25) is 0 Å². The summed E-state index contributed by atoms with van der Waals surface area (Å²) in [5, 5.41) is 0. The molecule has 0 N–H and O–H groups in total. The molecule has 4 rings (SSSR count). The summed E-state index contributed by atoms with van der Waals surface area (Å²) < 4.78 is 9.17. The Morgan fingerprint density at radius 2 is 0.897 bits per heavy atom. The van der Waals surface area contributed by atoms with Crippen molar-refractivity contribution in [3.8, 4) is 0 Å². The standard InChI is InChI=1S/C26H25NSSe/c1-27-28(23-14-6-2-7-15-23,24-16-8-3-9-17-24)22-29(25-18-10-4-11-19-25)26-20-12-5-13-21-26/h2-21H,22H2,1H3/q+2. The van der Waals surface area contributed by atoms with E-state index < -0.39 is 23.7 Å². The monoisotopic (exact) mass is 463 g/mol. The van der Waals surface area contributed by atoms with Crippen LogP contribution in [-0.4, -0.2) is 25.6 Å². The number of hydrogen-bond acceptors (Lipinski definition) is 1. The van der Waals surface area contributed by atoms with E-state index in [-0.39, 0.29) is 0 Å². The maximum atomic E-state index is 5.17. The summed E-state index contributed by atoms with van der Waals surface area (Å²) in [6.07, 6.45) is 0. The van der Waals surface area contributed by atoms with Crippen LogP contribution in [0.1, 0.15) is 0 Å². The van der Waals surface area contributed by atoms with Crippen molar-refractivity contribution in [2.24, 2.45) is 4.36 Å². The average Bonchev–Trinajstić information content (AvgIpc) is 2.82. The molecule has 0 heterocycles. The number of hydrogen-bond donors (Lipinski definition) is 0. The molecule has 0 atom stereocenters. The number of nitrogens with zero attached hydrogens (tertiary/aromatic N) is 1. The molecule has 0 radical (unpaired) electrons. The van der Waals surface area contributed by atoms with E-state index in [0.717, 1.165) is 4.65 Å². The fourth-order valence-electron chi connectivity index (χ4n) is 3.44. The Kier molecular flexibility index (Phi) is 6.41. The van der Waals surface area contributed by atoms with E-state index in [1.807, 2.05) is 7.05 Å². The van der Waals surface area contributed by atoms with Gasteiger partial charge in [0, 0.05) is 0 Å². The van der Waals surface area contributed by atoms with Gasteiger partial charge in [0.1, 0.15) is 0 Å². The first-order valence-electron chi connectivity index (χ1n) is 9.67. The predicted octanol–water partition coefficient (Wildman–Crippen LogP) is 4.92. The van der Waals surface area contributed by atoms with Crippen molar-refractivity contribution in [2.75, 3.05) is 11.7 Å². The molecule has 0 saturated carbocycles. The van der Waals surface area contributed by atoms with Gasteiger partial charge in [-0.25, -0.2) is 0 Å². The first-order valence-corrected chi connectivity index (χ1v) is 14.3. The minimum atomic E-state index is -1.51. The second-order valence-corrected chi connectivity index (χ2v) is 14.7. The summed E-state index contributed by atoms with van der Waals surface area (Å²) in [6.45, 7) is 0. The molecular formula is C26H25NSSe+2. The summed E-state index contributed by atoms with van der Waals surface area (Å²) in [6, 6.07) is 43.9. The molecule has 4 aromatic carbocycles. The molecule has 144 valence electrons. The number of rotatable bonds is 6. The quantitative estimate of drug-likeness (QED) is 0.285. The molecule has 0 bridgehead atoms. The fraction of sp³-hybridized carbons (Fsp3) is 0.0769. The van der Waals surface area contributed by atoms with Gasteiger partial charge in [0.15, 0.2) is 0 Å². The van der Waals surface area contributed by atoms with Gasteiger partial charge in [0.05, 0.1) is 0 Å². The maximum absolute atomic E-state index is 5.17. The van der Waals surface area contributed by atoms with Crippen LogP contribution in [0.25, 0.3) is 0 Å². The summed E-state index contributed by atoms with van der Waals surface area (Å²) in [7, 11) is 0.502. The van der Waals surface area contributed by atoms with Crippen LogP contribution >= 0.6 is 0 Å².